The zero-order valence-electron chi connectivity index (χ0n) is 16.8. The molecular formula is C24H25FN2O3. The van der Waals surface area contributed by atoms with Gasteiger partial charge in [-0.15, -0.1) is 6.42 Å². The van der Waals surface area contributed by atoms with E-state index in [2.05, 4.69) is 5.92 Å². The Bertz CT molecular complexity index is 885. The van der Waals surface area contributed by atoms with Crippen molar-refractivity contribution in [2.45, 2.75) is 26.0 Å². The third kappa shape index (κ3) is 5.84. The summed E-state index contributed by atoms with van der Waals surface area (Å²) >= 11 is 0. The molecule has 2 aromatic rings. The summed E-state index contributed by atoms with van der Waals surface area (Å²) in [6.45, 7) is 1.68. The van der Waals surface area contributed by atoms with E-state index in [-0.39, 0.29) is 36.9 Å². The predicted octanol–water partition coefficient (Wildman–Crippen LogP) is 3.84. The fourth-order valence-corrected chi connectivity index (χ4v) is 3.51. The first-order chi connectivity index (χ1) is 14.6. The number of rotatable bonds is 6. The highest BCUT2D eigenvalue weighted by atomic mass is 19.1. The van der Waals surface area contributed by atoms with E-state index < -0.39 is 0 Å². The Morgan fingerprint density at radius 3 is 2.37 bits per heavy atom. The quantitative estimate of drug-likeness (QED) is 0.683. The molecule has 0 aliphatic carbocycles. The fourth-order valence-electron chi connectivity index (χ4n) is 3.51. The Morgan fingerprint density at radius 2 is 1.73 bits per heavy atom. The molecule has 30 heavy (non-hydrogen) atoms. The molecule has 0 atom stereocenters. The molecule has 1 aliphatic rings. The van der Waals surface area contributed by atoms with Crippen LogP contribution in [0.1, 0.15) is 24.0 Å². The largest absolute Gasteiger partial charge is 0.445 e. The SMILES string of the molecule is C#CCN(Cc1ccc(F)cc1)C(=O)C1CCN(C(=O)OCc2ccccc2)CC1. The number of terminal acetylenes is 1. The third-order valence-electron chi connectivity index (χ3n) is 5.19. The molecule has 0 saturated carbocycles. The van der Waals surface area contributed by atoms with Crippen LogP contribution in [-0.2, 0) is 22.7 Å². The van der Waals surface area contributed by atoms with Gasteiger partial charge in [0.25, 0.3) is 0 Å². The van der Waals surface area contributed by atoms with E-state index in [0.29, 0.717) is 32.5 Å². The van der Waals surface area contributed by atoms with Gasteiger partial charge in [-0.3, -0.25) is 4.79 Å². The van der Waals surface area contributed by atoms with Crippen LogP contribution in [0.25, 0.3) is 0 Å². The van der Waals surface area contributed by atoms with Crippen molar-refractivity contribution >= 4 is 12.0 Å². The molecule has 0 bridgehead atoms. The van der Waals surface area contributed by atoms with E-state index >= 15 is 0 Å². The fraction of sp³-hybridized carbons (Fsp3) is 0.333. The Balaban J connectivity index is 1.50. The van der Waals surface area contributed by atoms with E-state index in [1.54, 1.807) is 21.9 Å². The summed E-state index contributed by atoms with van der Waals surface area (Å²) in [6.07, 6.45) is 6.20. The highest BCUT2D eigenvalue weighted by Crippen LogP contribution is 2.22. The lowest BCUT2D eigenvalue weighted by Crippen LogP contribution is -2.44. The van der Waals surface area contributed by atoms with Crippen molar-refractivity contribution in [1.29, 1.82) is 0 Å². The zero-order valence-corrected chi connectivity index (χ0v) is 16.8. The van der Waals surface area contributed by atoms with Crippen LogP contribution < -0.4 is 0 Å². The molecule has 3 rings (SSSR count). The smallest absolute Gasteiger partial charge is 0.410 e. The summed E-state index contributed by atoms with van der Waals surface area (Å²) in [5.41, 5.74) is 1.75. The van der Waals surface area contributed by atoms with E-state index in [4.69, 9.17) is 11.2 Å². The molecule has 1 aliphatic heterocycles. The summed E-state index contributed by atoms with van der Waals surface area (Å²) in [5, 5.41) is 0. The highest BCUT2D eigenvalue weighted by Gasteiger charge is 2.30. The molecule has 0 radical (unpaired) electrons. The van der Waals surface area contributed by atoms with Crippen molar-refractivity contribution in [3.05, 3.63) is 71.5 Å². The molecule has 2 aromatic carbocycles. The van der Waals surface area contributed by atoms with Crippen molar-refractivity contribution in [3.63, 3.8) is 0 Å². The Labute approximate surface area is 176 Å². The highest BCUT2D eigenvalue weighted by molar-refractivity contribution is 5.79. The van der Waals surface area contributed by atoms with Gasteiger partial charge in [0.2, 0.25) is 5.91 Å². The molecule has 1 fully saturated rings. The summed E-state index contributed by atoms with van der Waals surface area (Å²) in [5.74, 6) is 1.98. The number of piperidine rings is 1. The van der Waals surface area contributed by atoms with E-state index in [1.165, 1.54) is 12.1 Å². The molecule has 156 valence electrons. The standard InChI is InChI=1S/C24H25FN2O3/c1-2-14-27(17-19-8-10-22(25)11-9-19)23(28)21-12-15-26(16-13-21)24(29)30-18-20-6-4-3-5-7-20/h1,3-11,21H,12-18H2. The van der Waals surface area contributed by atoms with Crippen LogP contribution in [0.5, 0.6) is 0 Å². The second-order valence-corrected chi connectivity index (χ2v) is 7.33. The van der Waals surface area contributed by atoms with Gasteiger partial charge in [-0.2, -0.15) is 0 Å². The average molecular weight is 408 g/mol. The van der Waals surface area contributed by atoms with Gasteiger partial charge in [-0.1, -0.05) is 48.4 Å². The van der Waals surface area contributed by atoms with E-state index in [0.717, 1.165) is 11.1 Å². The number of hydrogen-bond acceptors (Lipinski definition) is 3. The summed E-state index contributed by atoms with van der Waals surface area (Å²) in [4.78, 5) is 28.5. The second-order valence-electron chi connectivity index (χ2n) is 7.33. The van der Waals surface area contributed by atoms with Gasteiger partial charge in [0.15, 0.2) is 0 Å². The first kappa shape index (κ1) is 21.4. The van der Waals surface area contributed by atoms with Crippen LogP contribution in [0.2, 0.25) is 0 Å². The van der Waals surface area contributed by atoms with Crippen molar-refractivity contribution in [1.82, 2.24) is 9.80 Å². The average Bonchev–Trinajstić information content (AvgIpc) is 2.79. The molecule has 1 heterocycles. The summed E-state index contributed by atoms with van der Waals surface area (Å²) < 4.78 is 18.5. The third-order valence-corrected chi connectivity index (χ3v) is 5.19. The van der Waals surface area contributed by atoms with Crippen LogP contribution in [0.15, 0.2) is 54.6 Å². The van der Waals surface area contributed by atoms with Gasteiger partial charge < -0.3 is 14.5 Å². The van der Waals surface area contributed by atoms with Crippen LogP contribution in [0.4, 0.5) is 9.18 Å². The first-order valence-electron chi connectivity index (χ1n) is 9.99. The number of amides is 2. The molecule has 6 heteroatoms. The van der Waals surface area contributed by atoms with Crippen molar-refractivity contribution < 1.29 is 18.7 Å². The Morgan fingerprint density at radius 1 is 1.07 bits per heavy atom. The lowest BCUT2D eigenvalue weighted by molar-refractivity contribution is -0.137. The second kappa shape index (κ2) is 10.4. The van der Waals surface area contributed by atoms with Crippen LogP contribution >= 0.6 is 0 Å². The van der Waals surface area contributed by atoms with Crippen LogP contribution in [0.3, 0.4) is 0 Å². The topological polar surface area (TPSA) is 49.9 Å². The zero-order chi connectivity index (χ0) is 21.3. The number of ether oxygens (including phenoxy) is 1. The number of carbonyl (C=O) groups excluding carboxylic acids is 2. The predicted molar refractivity (Wildman–Crippen MR) is 112 cm³/mol. The molecule has 0 N–H and O–H groups in total. The number of hydrogen-bond donors (Lipinski definition) is 0. The Kier molecular flexibility index (Phi) is 7.45. The number of nitrogens with zero attached hydrogens (tertiary/aromatic N) is 2. The number of likely N-dealkylation sites (tertiary alicyclic amines) is 1. The van der Waals surface area contributed by atoms with Gasteiger partial charge in [-0.25, -0.2) is 9.18 Å². The molecular weight excluding hydrogens is 383 g/mol. The number of halogens is 1. The lowest BCUT2D eigenvalue weighted by atomic mass is 9.95. The number of benzene rings is 2. The van der Waals surface area contributed by atoms with E-state index in [1.807, 2.05) is 30.3 Å². The van der Waals surface area contributed by atoms with Gasteiger partial charge in [0.05, 0.1) is 6.54 Å². The molecule has 0 unspecified atom stereocenters. The summed E-state index contributed by atoms with van der Waals surface area (Å²) in [6, 6.07) is 15.5. The maximum absolute atomic E-state index is 13.1. The van der Waals surface area contributed by atoms with Gasteiger partial charge in [0.1, 0.15) is 12.4 Å². The molecule has 5 nitrogen and oxygen atoms in total. The minimum absolute atomic E-state index is 0.0328. The molecule has 0 spiro atoms. The van der Waals surface area contributed by atoms with Crippen LogP contribution in [-0.4, -0.2) is 41.4 Å². The molecule has 2 amide bonds. The van der Waals surface area contributed by atoms with E-state index in [9.17, 15) is 14.0 Å². The monoisotopic (exact) mass is 408 g/mol. The Hall–Kier alpha value is -3.33. The van der Waals surface area contributed by atoms with Gasteiger partial charge in [0, 0.05) is 25.6 Å². The first-order valence-corrected chi connectivity index (χ1v) is 9.99. The van der Waals surface area contributed by atoms with Gasteiger partial charge >= 0.3 is 6.09 Å². The normalized spacial score (nSPS) is 14.1. The molecule has 1 saturated heterocycles. The maximum Gasteiger partial charge on any atom is 0.410 e. The number of carbonyl (C=O) groups is 2. The minimum Gasteiger partial charge on any atom is -0.445 e. The van der Waals surface area contributed by atoms with Crippen molar-refractivity contribution in [2.75, 3.05) is 19.6 Å². The van der Waals surface area contributed by atoms with Crippen molar-refractivity contribution in [3.8, 4) is 12.3 Å². The van der Waals surface area contributed by atoms with Crippen molar-refractivity contribution in [2.24, 2.45) is 5.92 Å². The lowest BCUT2D eigenvalue weighted by Gasteiger charge is -2.33. The van der Waals surface area contributed by atoms with Crippen LogP contribution in [0, 0.1) is 24.1 Å². The molecule has 0 aromatic heterocycles. The van der Waals surface area contributed by atoms with Gasteiger partial charge in [-0.05, 0) is 36.1 Å². The maximum atomic E-state index is 13.1. The minimum atomic E-state index is -0.364. The summed E-state index contributed by atoms with van der Waals surface area (Å²) in [7, 11) is 0.